The molecule has 2 heterocycles. The molecule has 1 aromatic carbocycles. The van der Waals surface area contributed by atoms with E-state index in [1.165, 1.54) is 0 Å². The molecule has 0 aliphatic heterocycles. The van der Waals surface area contributed by atoms with Crippen LogP contribution in [-0.4, -0.2) is 59.2 Å². The highest BCUT2D eigenvalue weighted by Crippen LogP contribution is 2.15. The van der Waals surface area contributed by atoms with Gasteiger partial charge in [0.15, 0.2) is 11.6 Å². The number of nitrogens with one attached hydrogen (secondary N) is 1. The molecule has 0 amide bonds. The molecule has 3 rings (SSSR count). The van der Waals surface area contributed by atoms with Gasteiger partial charge in [0.25, 0.3) is 0 Å². The third-order valence-electron chi connectivity index (χ3n) is 4.33. The van der Waals surface area contributed by atoms with Gasteiger partial charge in [0, 0.05) is 38.3 Å². The average Bonchev–Trinajstić information content (AvgIpc) is 3.12. The zero-order chi connectivity index (χ0) is 19.8. The molecule has 2 aromatic heterocycles. The summed E-state index contributed by atoms with van der Waals surface area (Å²) in [5, 5.41) is 12.5. The number of pyridine rings is 1. The van der Waals surface area contributed by atoms with Crippen molar-refractivity contribution in [2.75, 3.05) is 33.8 Å². The van der Waals surface area contributed by atoms with Crippen molar-refractivity contribution in [3.05, 3.63) is 59.5 Å². The minimum atomic E-state index is 0.560. The molecule has 0 spiro atoms. The molecule has 1 N–H and O–H groups in total. The van der Waals surface area contributed by atoms with Crippen molar-refractivity contribution in [3.8, 4) is 5.75 Å². The number of aliphatic imine (C=N–C) groups is 1. The fraction of sp³-hybridized carbons (Fsp3) is 0.350. The highest BCUT2D eigenvalue weighted by Gasteiger charge is 2.07. The Hall–Kier alpha value is -2.80. The van der Waals surface area contributed by atoms with Gasteiger partial charge in [-0.2, -0.15) is 0 Å². The highest BCUT2D eigenvalue weighted by atomic mass is 35.5. The van der Waals surface area contributed by atoms with E-state index in [9.17, 15) is 0 Å². The summed E-state index contributed by atoms with van der Waals surface area (Å²) < 4.78 is 7.76. The minimum Gasteiger partial charge on any atom is -0.492 e. The van der Waals surface area contributed by atoms with Gasteiger partial charge >= 0.3 is 0 Å². The van der Waals surface area contributed by atoms with Crippen LogP contribution < -0.4 is 10.1 Å². The van der Waals surface area contributed by atoms with Crippen LogP contribution in [-0.2, 0) is 6.42 Å². The van der Waals surface area contributed by atoms with E-state index in [-0.39, 0.29) is 0 Å². The van der Waals surface area contributed by atoms with Gasteiger partial charge in [-0.05, 0) is 42.8 Å². The van der Waals surface area contributed by atoms with Gasteiger partial charge in [-0.15, -0.1) is 10.2 Å². The van der Waals surface area contributed by atoms with Crippen LogP contribution in [0.2, 0.25) is 5.02 Å². The minimum absolute atomic E-state index is 0.560. The number of ether oxygens (including phenoxy) is 1. The van der Waals surface area contributed by atoms with Crippen molar-refractivity contribution in [2.24, 2.45) is 4.99 Å². The molecule has 0 bridgehead atoms. The van der Waals surface area contributed by atoms with Crippen LogP contribution in [0.15, 0.2) is 53.7 Å². The van der Waals surface area contributed by atoms with Gasteiger partial charge in [0.2, 0.25) is 0 Å². The second-order valence-electron chi connectivity index (χ2n) is 6.35. The van der Waals surface area contributed by atoms with Crippen molar-refractivity contribution in [1.29, 1.82) is 0 Å². The molecule has 0 atom stereocenters. The number of halogens is 1. The van der Waals surface area contributed by atoms with Crippen molar-refractivity contribution in [1.82, 2.24) is 24.8 Å². The second-order valence-corrected chi connectivity index (χ2v) is 6.78. The number of likely N-dealkylation sites (N-methyl/N-ethyl adjacent to an activating group) is 1. The zero-order valence-corrected chi connectivity index (χ0v) is 16.9. The van der Waals surface area contributed by atoms with Crippen LogP contribution in [0.5, 0.6) is 5.75 Å². The quantitative estimate of drug-likeness (QED) is 0.358. The first kappa shape index (κ1) is 19.9. The van der Waals surface area contributed by atoms with Crippen molar-refractivity contribution in [3.63, 3.8) is 0 Å². The molecular formula is C20H25ClN6O. The fourth-order valence-electron chi connectivity index (χ4n) is 2.83. The van der Waals surface area contributed by atoms with E-state index in [4.69, 9.17) is 16.3 Å². The van der Waals surface area contributed by atoms with Gasteiger partial charge in [0.05, 0.1) is 6.54 Å². The predicted molar refractivity (Wildman–Crippen MR) is 112 cm³/mol. The summed E-state index contributed by atoms with van der Waals surface area (Å²) in [7, 11) is 3.78. The maximum Gasteiger partial charge on any atom is 0.193 e. The summed E-state index contributed by atoms with van der Waals surface area (Å²) in [6.45, 7) is 2.08. The Morgan fingerprint density at radius 1 is 1.21 bits per heavy atom. The molecule has 0 radical (unpaired) electrons. The van der Waals surface area contributed by atoms with E-state index < -0.39 is 0 Å². The van der Waals surface area contributed by atoms with E-state index in [0.29, 0.717) is 11.6 Å². The number of aryl methyl sites for hydroxylation is 1. The number of fused-ring (bicyclic) bond motifs is 1. The summed E-state index contributed by atoms with van der Waals surface area (Å²) in [5.41, 5.74) is 0.877. The zero-order valence-electron chi connectivity index (χ0n) is 16.2. The topological polar surface area (TPSA) is 67.0 Å². The predicted octanol–water partition coefficient (Wildman–Crippen LogP) is 2.90. The van der Waals surface area contributed by atoms with Gasteiger partial charge < -0.3 is 15.0 Å². The molecule has 0 aliphatic rings. The molecule has 148 valence electrons. The van der Waals surface area contributed by atoms with Crippen LogP contribution in [0.3, 0.4) is 0 Å². The number of guanidine groups is 1. The Morgan fingerprint density at radius 2 is 2.04 bits per heavy atom. The fourth-order valence-corrected chi connectivity index (χ4v) is 2.96. The van der Waals surface area contributed by atoms with E-state index in [1.54, 1.807) is 7.05 Å². The lowest BCUT2D eigenvalue weighted by atomic mass is 10.3. The monoisotopic (exact) mass is 400 g/mol. The molecule has 3 aromatic rings. The Kier molecular flexibility index (Phi) is 7.08. The number of hydrogen-bond donors (Lipinski definition) is 1. The first-order valence-corrected chi connectivity index (χ1v) is 9.64. The summed E-state index contributed by atoms with van der Waals surface area (Å²) in [5.74, 6) is 2.61. The van der Waals surface area contributed by atoms with E-state index in [0.717, 1.165) is 49.1 Å². The SMILES string of the molecule is CN=C(NCCCc1nnc2ccccn12)N(C)CCOc1ccc(Cl)cc1. The first-order chi connectivity index (χ1) is 13.7. The number of rotatable bonds is 8. The second kappa shape index (κ2) is 9.94. The van der Waals surface area contributed by atoms with Crippen LogP contribution in [0.1, 0.15) is 12.2 Å². The molecular weight excluding hydrogens is 376 g/mol. The lowest BCUT2D eigenvalue weighted by Gasteiger charge is -2.22. The summed E-state index contributed by atoms with van der Waals surface area (Å²) in [6.07, 6.45) is 3.77. The molecule has 0 unspecified atom stereocenters. The molecule has 8 heteroatoms. The van der Waals surface area contributed by atoms with Crippen LogP contribution >= 0.6 is 11.6 Å². The van der Waals surface area contributed by atoms with Gasteiger partial charge in [-0.25, -0.2) is 0 Å². The molecule has 0 saturated carbocycles. The van der Waals surface area contributed by atoms with E-state index >= 15 is 0 Å². The Morgan fingerprint density at radius 3 is 2.82 bits per heavy atom. The Bertz CT molecular complexity index is 908. The molecule has 7 nitrogen and oxygen atoms in total. The number of hydrogen-bond acceptors (Lipinski definition) is 4. The Balaban J connectivity index is 1.39. The largest absolute Gasteiger partial charge is 0.492 e. The van der Waals surface area contributed by atoms with Crippen molar-refractivity contribution < 1.29 is 4.74 Å². The molecule has 0 saturated heterocycles. The van der Waals surface area contributed by atoms with Crippen LogP contribution in [0, 0.1) is 0 Å². The maximum absolute atomic E-state index is 5.88. The van der Waals surface area contributed by atoms with Crippen LogP contribution in [0.4, 0.5) is 0 Å². The van der Waals surface area contributed by atoms with Gasteiger partial charge in [-0.1, -0.05) is 17.7 Å². The average molecular weight is 401 g/mol. The highest BCUT2D eigenvalue weighted by molar-refractivity contribution is 6.30. The maximum atomic E-state index is 5.88. The Labute approximate surface area is 170 Å². The summed E-state index contributed by atoms with van der Waals surface area (Å²) in [6, 6.07) is 13.3. The van der Waals surface area contributed by atoms with Crippen LogP contribution in [0.25, 0.3) is 5.65 Å². The number of nitrogens with zero attached hydrogens (tertiary/aromatic N) is 5. The van der Waals surface area contributed by atoms with Gasteiger partial charge in [0.1, 0.15) is 18.2 Å². The van der Waals surface area contributed by atoms with Crippen molar-refractivity contribution >= 4 is 23.2 Å². The third kappa shape index (κ3) is 5.36. The van der Waals surface area contributed by atoms with E-state index in [1.807, 2.05) is 65.0 Å². The molecule has 0 aliphatic carbocycles. The number of benzene rings is 1. The first-order valence-electron chi connectivity index (χ1n) is 9.26. The van der Waals surface area contributed by atoms with Crippen molar-refractivity contribution in [2.45, 2.75) is 12.8 Å². The normalized spacial score (nSPS) is 11.6. The summed E-state index contributed by atoms with van der Waals surface area (Å²) >= 11 is 5.88. The molecule has 28 heavy (non-hydrogen) atoms. The van der Waals surface area contributed by atoms with E-state index in [2.05, 4.69) is 20.5 Å². The standard InChI is InChI=1S/C20H25ClN6O/c1-22-20(26(2)14-15-28-17-10-8-16(21)9-11-17)23-12-5-7-19-25-24-18-6-3-4-13-27(18)19/h3-4,6,8-11,13H,5,7,12,14-15H2,1-2H3,(H,22,23). The molecule has 0 fully saturated rings. The smallest absolute Gasteiger partial charge is 0.193 e. The summed E-state index contributed by atoms with van der Waals surface area (Å²) in [4.78, 5) is 6.38. The number of aromatic nitrogens is 3. The van der Waals surface area contributed by atoms with Gasteiger partial charge in [-0.3, -0.25) is 9.39 Å². The third-order valence-corrected chi connectivity index (χ3v) is 4.58. The lowest BCUT2D eigenvalue weighted by Crippen LogP contribution is -2.41. The lowest BCUT2D eigenvalue weighted by molar-refractivity contribution is 0.281.